The van der Waals surface area contributed by atoms with Crippen molar-refractivity contribution in [2.75, 3.05) is 6.61 Å². The van der Waals surface area contributed by atoms with Crippen molar-refractivity contribution < 1.29 is 14.3 Å². The molecule has 0 aliphatic heterocycles. The number of carbonyl (C=O) groups is 2. The molecular weight excluding hydrogens is 276 g/mol. The van der Waals surface area contributed by atoms with Gasteiger partial charge in [0, 0.05) is 18.8 Å². The first kappa shape index (κ1) is 17.5. The minimum absolute atomic E-state index is 0.0686. The summed E-state index contributed by atoms with van der Waals surface area (Å²) in [5.74, 6) is 2.12. The molecule has 3 nitrogen and oxygen atoms in total. The molecule has 0 spiro atoms. The van der Waals surface area contributed by atoms with Gasteiger partial charge in [0.2, 0.25) is 0 Å². The smallest absolute Gasteiger partial charge is 0.305 e. The normalized spacial score (nSPS) is 32.6. The van der Waals surface area contributed by atoms with E-state index in [-0.39, 0.29) is 11.4 Å². The van der Waals surface area contributed by atoms with Crippen molar-refractivity contribution in [1.82, 2.24) is 0 Å². The van der Waals surface area contributed by atoms with Gasteiger partial charge in [-0.25, -0.2) is 0 Å². The molecule has 2 saturated carbocycles. The van der Waals surface area contributed by atoms with Gasteiger partial charge in [0.1, 0.15) is 5.78 Å². The van der Waals surface area contributed by atoms with Crippen molar-refractivity contribution in [3.63, 3.8) is 0 Å². The van der Waals surface area contributed by atoms with E-state index >= 15 is 0 Å². The number of ketones is 1. The Morgan fingerprint density at radius 2 is 2.14 bits per heavy atom. The first-order valence-corrected chi connectivity index (χ1v) is 9.17. The number of Topliss-reactive ketones (excluding diaryl/α,β-unsaturated/α-hetero) is 1. The summed E-state index contributed by atoms with van der Waals surface area (Å²) >= 11 is 0. The summed E-state index contributed by atoms with van der Waals surface area (Å²) in [7, 11) is 0. The van der Waals surface area contributed by atoms with Crippen LogP contribution in [0.2, 0.25) is 0 Å². The maximum atomic E-state index is 12.2. The Hall–Kier alpha value is -0.860. The second-order valence-corrected chi connectivity index (χ2v) is 7.59. The first-order chi connectivity index (χ1) is 10.5. The Bertz CT molecular complexity index is 403. The van der Waals surface area contributed by atoms with Crippen LogP contribution >= 0.6 is 0 Å². The molecule has 0 bridgehead atoms. The molecule has 2 aliphatic carbocycles. The molecule has 0 heterocycles. The summed E-state index contributed by atoms with van der Waals surface area (Å²) in [6.45, 7) is 7.04. The van der Waals surface area contributed by atoms with E-state index in [1.807, 2.05) is 6.92 Å². The number of hydrogen-bond donors (Lipinski definition) is 0. The number of unbranched alkanes of at least 4 members (excludes halogenated alkanes) is 1. The van der Waals surface area contributed by atoms with Crippen LogP contribution in [0.4, 0.5) is 0 Å². The number of ether oxygens (including phenoxy) is 1. The zero-order chi connectivity index (χ0) is 16.2. The van der Waals surface area contributed by atoms with Crippen molar-refractivity contribution >= 4 is 11.8 Å². The van der Waals surface area contributed by atoms with Crippen LogP contribution in [-0.2, 0) is 14.3 Å². The van der Waals surface area contributed by atoms with Crippen LogP contribution in [-0.4, -0.2) is 18.4 Å². The third kappa shape index (κ3) is 3.72. The molecule has 22 heavy (non-hydrogen) atoms. The van der Waals surface area contributed by atoms with Gasteiger partial charge in [0.15, 0.2) is 0 Å². The molecule has 0 aromatic rings. The number of esters is 1. The molecule has 0 amide bonds. The van der Waals surface area contributed by atoms with E-state index in [2.05, 4.69) is 13.8 Å². The minimum atomic E-state index is -0.0686. The van der Waals surface area contributed by atoms with E-state index in [1.165, 1.54) is 19.3 Å². The molecule has 0 aromatic heterocycles. The van der Waals surface area contributed by atoms with E-state index < -0.39 is 0 Å². The molecule has 0 N–H and O–H groups in total. The van der Waals surface area contributed by atoms with Gasteiger partial charge in [-0.15, -0.1) is 0 Å². The number of fused-ring (bicyclic) bond motifs is 1. The summed E-state index contributed by atoms with van der Waals surface area (Å²) in [4.78, 5) is 23.6. The molecule has 0 saturated heterocycles. The van der Waals surface area contributed by atoms with Crippen LogP contribution in [0, 0.1) is 23.2 Å². The molecule has 4 atom stereocenters. The van der Waals surface area contributed by atoms with Gasteiger partial charge >= 0.3 is 5.97 Å². The van der Waals surface area contributed by atoms with Gasteiger partial charge in [0.05, 0.1) is 6.61 Å². The predicted octanol–water partition coefficient (Wildman–Crippen LogP) is 4.53. The van der Waals surface area contributed by atoms with Crippen molar-refractivity contribution in [2.24, 2.45) is 23.2 Å². The molecule has 2 aliphatic rings. The summed E-state index contributed by atoms with van der Waals surface area (Å²) in [6.07, 6.45) is 9.16. The molecule has 3 heteroatoms. The topological polar surface area (TPSA) is 43.4 Å². The van der Waals surface area contributed by atoms with Crippen molar-refractivity contribution in [3.8, 4) is 0 Å². The Balaban J connectivity index is 1.79. The largest absolute Gasteiger partial charge is 0.466 e. The highest BCUT2D eigenvalue weighted by Gasteiger charge is 2.52. The number of carbonyl (C=O) groups excluding carboxylic acids is 2. The summed E-state index contributed by atoms with van der Waals surface area (Å²) < 4.78 is 4.97. The maximum absolute atomic E-state index is 12.2. The zero-order valence-electron chi connectivity index (χ0n) is 14.5. The average molecular weight is 308 g/mol. The fourth-order valence-corrected chi connectivity index (χ4v) is 5.07. The second-order valence-electron chi connectivity index (χ2n) is 7.59. The lowest BCUT2D eigenvalue weighted by molar-refractivity contribution is -0.143. The number of rotatable bonds is 7. The van der Waals surface area contributed by atoms with E-state index in [0.29, 0.717) is 36.6 Å². The molecule has 126 valence electrons. The van der Waals surface area contributed by atoms with Crippen molar-refractivity contribution in [3.05, 3.63) is 0 Å². The van der Waals surface area contributed by atoms with Crippen LogP contribution in [0.25, 0.3) is 0 Å². The van der Waals surface area contributed by atoms with Gasteiger partial charge in [-0.1, -0.05) is 26.7 Å². The van der Waals surface area contributed by atoms with Crippen molar-refractivity contribution in [1.29, 1.82) is 0 Å². The van der Waals surface area contributed by atoms with E-state index in [4.69, 9.17) is 4.74 Å². The van der Waals surface area contributed by atoms with Crippen LogP contribution < -0.4 is 0 Å². The fraction of sp³-hybridized carbons (Fsp3) is 0.895. The predicted molar refractivity (Wildman–Crippen MR) is 87.4 cm³/mol. The average Bonchev–Trinajstić information content (AvgIpc) is 2.82. The third-order valence-electron chi connectivity index (χ3n) is 6.22. The highest BCUT2D eigenvalue weighted by molar-refractivity contribution is 5.83. The van der Waals surface area contributed by atoms with E-state index in [9.17, 15) is 9.59 Å². The van der Waals surface area contributed by atoms with Gasteiger partial charge in [0.25, 0.3) is 0 Å². The first-order valence-electron chi connectivity index (χ1n) is 9.17. The van der Waals surface area contributed by atoms with Crippen molar-refractivity contribution in [2.45, 2.75) is 78.6 Å². The third-order valence-corrected chi connectivity index (χ3v) is 6.22. The molecule has 0 aromatic carbocycles. The summed E-state index contributed by atoms with van der Waals surface area (Å²) in [5, 5.41) is 0. The monoisotopic (exact) mass is 308 g/mol. The summed E-state index contributed by atoms with van der Waals surface area (Å²) in [5.41, 5.74) is 0.246. The van der Waals surface area contributed by atoms with Gasteiger partial charge < -0.3 is 4.74 Å². The Kier molecular flexibility index (Phi) is 6.05. The molecule has 0 radical (unpaired) electrons. The Labute approximate surface area is 135 Å². The van der Waals surface area contributed by atoms with E-state index in [0.717, 1.165) is 32.1 Å². The highest BCUT2D eigenvalue weighted by Crippen LogP contribution is 2.57. The Morgan fingerprint density at radius 3 is 2.86 bits per heavy atom. The van der Waals surface area contributed by atoms with Crippen LogP contribution in [0.3, 0.4) is 0 Å². The minimum Gasteiger partial charge on any atom is -0.466 e. The Morgan fingerprint density at radius 1 is 1.36 bits per heavy atom. The fourth-order valence-electron chi connectivity index (χ4n) is 5.07. The van der Waals surface area contributed by atoms with E-state index in [1.54, 1.807) is 0 Å². The van der Waals surface area contributed by atoms with Crippen LogP contribution in [0.5, 0.6) is 0 Å². The van der Waals surface area contributed by atoms with Gasteiger partial charge in [-0.2, -0.15) is 0 Å². The van der Waals surface area contributed by atoms with Crippen LogP contribution in [0.1, 0.15) is 78.6 Å². The zero-order valence-corrected chi connectivity index (χ0v) is 14.5. The highest BCUT2D eigenvalue weighted by atomic mass is 16.5. The lowest BCUT2D eigenvalue weighted by atomic mass is 9.62. The lowest BCUT2D eigenvalue weighted by Crippen LogP contribution is -2.39. The molecule has 0 unspecified atom stereocenters. The standard InChI is InChI=1S/C19H32O3/c1-4-22-18(21)10-6-5-8-14(2)15-11-12-16-17(20)9-7-13-19(15,16)3/h14-16H,4-13H2,1-3H3/t14-,15+,16+,19+/m0/s1. The molecule has 2 fully saturated rings. The van der Waals surface area contributed by atoms with Gasteiger partial charge in [-0.05, 0) is 56.3 Å². The maximum Gasteiger partial charge on any atom is 0.305 e. The SMILES string of the molecule is CCOC(=O)CCCC[C@H](C)[C@H]1CC[C@@H]2C(=O)CCC[C@@]21C. The number of hydrogen-bond acceptors (Lipinski definition) is 3. The lowest BCUT2D eigenvalue weighted by Gasteiger charge is -2.42. The summed E-state index contributed by atoms with van der Waals surface area (Å²) in [6, 6.07) is 0. The molecular formula is C19H32O3. The van der Waals surface area contributed by atoms with Crippen LogP contribution in [0.15, 0.2) is 0 Å². The van der Waals surface area contributed by atoms with Gasteiger partial charge in [-0.3, -0.25) is 9.59 Å². The quantitative estimate of drug-likeness (QED) is 0.512. The second kappa shape index (κ2) is 7.61. The molecule has 2 rings (SSSR count).